The highest BCUT2D eigenvalue weighted by atomic mass is 16.8. The molecule has 0 aliphatic carbocycles. The first-order valence-corrected chi connectivity index (χ1v) is 46.2. The van der Waals surface area contributed by atoms with Crippen LogP contribution in [0.3, 0.4) is 0 Å². The van der Waals surface area contributed by atoms with Gasteiger partial charge < -0.3 is 289 Å². The molecular formula is C81H135N5O59. The normalized spacial score (nSPS) is 47.5. The number of hydrogen-bond donors (Lipinski definition) is 36. The maximum absolute atomic E-state index is 13.7. The van der Waals surface area contributed by atoms with Crippen molar-refractivity contribution < 1.29 is 291 Å². The lowest BCUT2D eigenvalue weighted by molar-refractivity contribution is -0.401. The standard InChI is InChI=1S/C81H135N5O59/c1-20-41(104)49(112)52(115)74(125-20)139-64-39(85-24(5)100)71(143-68-46(109)30(11-90)128-77(56(68)119)136-60-34(15-94)134-73(54(117)51(60)114)124-18-26(8-87)82-19-97)132-35(16-95)61(64)137-78-57(120)66(44(107)31(12-91)129-78)141-70-38(84-23(4)99)48(111)59(33(14-93)131-70)135-76-55(118)67(45(108)29(10-89)127-76)142-72-40(86-25(6)101)65(140-75-53(116)50(113)42(105)21(2)126-75)62(36(17-96)133-72)138-79-58(121)69(47(110)32(13-92)130-79)145-81(80(122)123)7-27(102)37(83-22(3)98)63(144-81)43(106)28(103)9-88/h19-21,26-79,87-96,102-121H,7-18H2,1-6H3,(H,82,97)(H,83,98)(H,84,99)(H,85,100)(H,86,101)(H,122,123)/t20-,21-,26+,27-,28+,29+,30+,31+,32+,33+,34+,35+,36+,37+,38+,39+,40+,41+,42+,43+,44-,45-,46-,47-,48+,49+,50+,51+,52-,53-,54+,55+,56+,57+,58+,59+,60+,61+,62+,63+,64+,65+,66-,67-,68-,69-,70-,71-,72-,73+,74-,75-,76-,77-,78-,79-,81-/m0/s1. The van der Waals surface area contributed by atoms with E-state index in [4.69, 9.17) is 104 Å². The SMILES string of the molecule is CC(=O)N[C@H]1[C@H](O[C@H]2[C@@H](O)[C@@H](CO)O[C@@H](O[C@H]3[C@H](O[C@@H]4O[C@@H](C)[C@@H](O)[C@@H](O)[C@@H]4O)[C@@H](NC(C)=O)[C@H](O[C@H]4[C@@H](O)[C@@H](CO)O[C@@H](O[C@H]5[C@H](O)[C@@H](O)[C@H](OC[C@@H](CO)NC=O)O[C@@H]5CO)[C@@H]4O)O[C@@H]3CO)[C@@H]2O)O[C@H](CO)[C@@H](O[C@@H]2O[C@H](CO)[C@H](O)[C@H](O[C@@H]3O[C@H](CO)[C@@H](O[C@@H]4O[C@H](CO)[C@H](O)[C@H](O[C@]5(C(=O)O)C[C@H](O)[C@@H](NC(C)=O)[C@H]([C@H](O)[C@H](O)CO)O5)[C@H]4O)[C@H](O[C@@H]4O[C@@H](C)[C@@H](O)[C@@H](O)[C@@H]4O)[C@H]3NC(C)=O)[C@H]2O)[C@@H]1O. The summed E-state index contributed by atoms with van der Waals surface area (Å²) in [6, 6.07) is -9.19. The first kappa shape index (κ1) is 120. The van der Waals surface area contributed by atoms with Crippen LogP contribution in [0.15, 0.2) is 0 Å². The molecule has 11 saturated heterocycles. The van der Waals surface area contributed by atoms with Gasteiger partial charge in [-0.15, -0.1) is 0 Å². The van der Waals surface area contributed by atoms with Crippen LogP contribution in [0, 0.1) is 0 Å². The van der Waals surface area contributed by atoms with Gasteiger partial charge in [0.25, 0.3) is 5.79 Å². The van der Waals surface area contributed by atoms with E-state index in [1.165, 1.54) is 13.8 Å². The second kappa shape index (κ2) is 52.6. The number of carboxylic acids is 1. The third kappa shape index (κ3) is 26.7. The minimum absolute atomic E-state index is 0.232. The maximum atomic E-state index is 13.7. The van der Waals surface area contributed by atoms with Crippen molar-refractivity contribution in [2.45, 2.75) is 397 Å². The van der Waals surface area contributed by atoms with E-state index in [0.717, 1.165) is 27.7 Å². The van der Waals surface area contributed by atoms with Crippen LogP contribution in [0.25, 0.3) is 0 Å². The predicted octanol–water partition coefficient (Wildman–Crippen LogP) is -24.0. The summed E-state index contributed by atoms with van der Waals surface area (Å²) < 4.78 is 132. The highest BCUT2D eigenvalue weighted by molar-refractivity contribution is 5.77. The van der Waals surface area contributed by atoms with E-state index in [2.05, 4.69) is 26.6 Å². The molecule has 64 heteroatoms. The van der Waals surface area contributed by atoms with Crippen molar-refractivity contribution in [2.24, 2.45) is 0 Å². The van der Waals surface area contributed by atoms with Crippen molar-refractivity contribution >= 4 is 36.0 Å². The zero-order chi connectivity index (χ0) is 107. The first-order valence-electron chi connectivity index (χ1n) is 46.2. The number of carboxylic acid groups (broad SMARTS) is 1. The zero-order valence-electron chi connectivity index (χ0n) is 78.2. The van der Waals surface area contributed by atoms with Crippen molar-refractivity contribution in [2.75, 3.05) is 72.7 Å². The number of aliphatic hydroxyl groups excluding tert-OH is 30. The Morgan fingerprint density at radius 2 is 0.621 bits per heavy atom. The molecule has 0 radical (unpaired) electrons. The molecule has 0 saturated carbocycles. The molecule has 57 atom stereocenters. The van der Waals surface area contributed by atoms with Crippen LogP contribution in [0.4, 0.5) is 0 Å². The third-order valence-electron chi connectivity index (χ3n) is 26.5. The van der Waals surface area contributed by atoms with Crippen LogP contribution in [0.5, 0.6) is 0 Å². The molecule has 11 heterocycles. The fourth-order valence-electron chi connectivity index (χ4n) is 18.7. The van der Waals surface area contributed by atoms with Gasteiger partial charge in [-0.3, -0.25) is 24.0 Å². The lowest BCUT2D eigenvalue weighted by Gasteiger charge is -2.52. The van der Waals surface area contributed by atoms with Gasteiger partial charge in [0, 0.05) is 34.1 Å². The van der Waals surface area contributed by atoms with Crippen LogP contribution < -0.4 is 26.6 Å². The molecule has 0 aromatic rings. The van der Waals surface area contributed by atoms with Crippen LogP contribution in [-0.4, -0.2) is 616 Å². The number of carbonyl (C=O) groups is 6. The van der Waals surface area contributed by atoms with Gasteiger partial charge in [-0.2, -0.15) is 0 Å². The van der Waals surface area contributed by atoms with Crippen molar-refractivity contribution in [3.05, 3.63) is 0 Å². The van der Waals surface area contributed by atoms with Crippen LogP contribution >= 0.6 is 0 Å². The second-order valence-corrected chi connectivity index (χ2v) is 36.6. The number of amides is 5. The summed E-state index contributed by atoms with van der Waals surface area (Å²) >= 11 is 0. The largest absolute Gasteiger partial charge is 0.477 e. The number of nitrogens with one attached hydrogen (secondary N) is 5. The van der Waals surface area contributed by atoms with E-state index >= 15 is 0 Å². The molecule has 11 aliphatic heterocycles. The molecule has 11 rings (SSSR count). The van der Waals surface area contributed by atoms with Crippen molar-refractivity contribution in [3.8, 4) is 0 Å². The molecule has 36 N–H and O–H groups in total. The molecule has 838 valence electrons. The van der Waals surface area contributed by atoms with Gasteiger partial charge in [-0.05, 0) is 13.8 Å². The van der Waals surface area contributed by atoms with E-state index in [0.29, 0.717) is 0 Å². The fraction of sp³-hybridized carbons (Fsp3) is 0.926. The number of hydrogen-bond acceptors (Lipinski definition) is 58. The van der Waals surface area contributed by atoms with Gasteiger partial charge in [-0.25, -0.2) is 4.79 Å². The number of aliphatic hydroxyl groups is 30. The number of rotatable bonds is 42. The molecule has 0 spiro atoms. The van der Waals surface area contributed by atoms with Gasteiger partial charge in [0.15, 0.2) is 62.9 Å². The van der Waals surface area contributed by atoms with E-state index < -0.39 is 458 Å². The zero-order valence-corrected chi connectivity index (χ0v) is 78.2. The van der Waals surface area contributed by atoms with Crippen molar-refractivity contribution in [1.29, 1.82) is 0 Å². The van der Waals surface area contributed by atoms with Gasteiger partial charge in [-0.1, -0.05) is 0 Å². The minimum atomic E-state index is -3.37. The highest BCUT2D eigenvalue weighted by Gasteiger charge is 2.66. The molecule has 0 unspecified atom stereocenters. The lowest BCUT2D eigenvalue weighted by atomic mass is 9.88. The summed E-state index contributed by atoms with van der Waals surface area (Å²) in [6.45, 7) is -6.40. The number of aliphatic carboxylic acids is 1. The average molecular weight is 2120 g/mol. The first-order chi connectivity index (χ1) is 68.6. The quantitative estimate of drug-likeness (QED) is 0.0252. The minimum Gasteiger partial charge on any atom is -0.477 e. The molecule has 64 nitrogen and oxygen atoms in total. The lowest BCUT2D eigenvalue weighted by Crippen LogP contribution is -2.72. The second-order valence-electron chi connectivity index (χ2n) is 36.6. The van der Waals surface area contributed by atoms with Crippen LogP contribution in [0.2, 0.25) is 0 Å². The van der Waals surface area contributed by atoms with Crippen molar-refractivity contribution in [3.63, 3.8) is 0 Å². The van der Waals surface area contributed by atoms with E-state index in [1.54, 1.807) is 0 Å². The third-order valence-corrected chi connectivity index (χ3v) is 26.5. The van der Waals surface area contributed by atoms with Gasteiger partial charge in [0.05, 0.1) is 103 Å². The predicted molar refractivity (Wildman–Crippen MR) is 447 cm³/mol. The van der Waals surface area contributed by atoms with E-state index in [1.807, 2.05) is 0 Å². The van der Waals surface area contributed by atoms with Crippen molar-refractivity contribution in [1.82, 2.24) is 26.6 Å². The van der Waals surface area contributed by atoms with E-state index in [-0.39, 0.29) is 6.41 Å². The Hall–Kier alpha value is -5.26. The Labute approximate surface area is 821 Å². The van der Waals surface area contributed by atoms with Crippen LogP contribution in [0.1, 0.15) is 48.0 Å². The number of carbonyl (C=O) groups excluding carboxylic acids is 5. The molecule has 145 heavy (non-hydrogen) atoms. The summed E-state index contributed by atoms with van der Waals surface area (Å²) in [6.07, 6.45) is -112. The van der Waals surface area contributed by atoms with Gasteiger partial charge in [0.2, 0.25) is 30.0 Å². The molecule has 5 amide bonds. The van der Waals surface area contributed by atoms with Gasteiger partial charge in [0.1, 0.15) is 250 Å². The molecular weight excluding hydrogens is 1990 g/mol. The summed E-state index contributed by atoms with van der Waals surface area (Å²) in [7, 11) is 0. The van der Waals surface area contributed by atoms with Gasteiger partial charge >= 0.3 is 5.97 Å². The fourth-order valence-corrected chi connectivity index (χ4v) is 18.7. The molecule has 0 bridgehead atoms. The Bertz CT molecular complexity index is 4050. The summed E-state index contributed by atoms with van der Waals surface area (Å²) in [5.74, 6) is -9.64. The van der Waals surface area contributed by atoms with Crippen LogP contribution in [-0.2, 0) is 133 Å². The van der Waals surface area contributed by atoms with E-state index in [9.17, 15) is 187 Å². The summed E-state index contributed by atoms with van der Waals surface area (Å²) in [5.41, 5.74) is 0. The number of ether oxygens (including phenoxy) is 22. The summed E-state index contributed by atoms with van der Waals surface area (Å²) in [4.78, 5) is 77.5. The Morgan fingerprint density at radius 3 is 0.972 bits per heavy atom. The summed E-state index contributed by atoms with van der Waals surface area (Å²) in [5, 5.41) is 362. The monoisotopic (exact) mass is 2120 g/mol. The molecule has 0 aromatic carbocycles. The average Bonchev–Trinajstić information content (AvgIpc) is 0.752. The Balaban J connectivity index is 0.856. The molecule has 11 aliphatic rings. The maximum Gasteiger partial charge on any atom is 0.364 e. The molecule has 11 fully saturated rings. The highest BCUT2D eigenvalue weighted by Crippen LogP contribution is 2.45. The smallest absolute Gasteiger partial charge is 0.364 e. The Kier molecular flexibility index (Phi) is 43.5. The molecule has 0 aromatic heterocycles. The Morgan fingerprint density at radius 1 is 0.324 bits per heavy atom. The topological polar surface area (TPSA) is 993 Å².